The molecule has 3 heteroatoms. The fourth-order valence-corrected chi connectivity index (χ4v) is 1.44. The molecule has 1 atom stereocenters. The molecule has 0 fully saturated rings. The first-order valence-corrected chi connectivity index (χ1v) is 4.76. The molecule has 0 saturated heterocycles. The van der Waals surface area contributed by atoms with E-state index in [0.29, 0.717) is 5.56 Å². The summed E-state index contributed by atoms with van der Waals surface area (Å²) in [5.41, 5.74) is 7.13. The molecule has 1 aromatic rings. The molecule has 0 amide bonds. The Labute approximate surface area is 84.2 Å². The fraction of sp³-hybridized carbons (Fsp3) is 0.455. The zero-order valence-electron chi connectivity index (χ0n) is 8.57. The van der Waals surface area contributed by atoms with Crippen molar-refractivity contribution in [2.45, 2.75) is 25.8 Å². The normalized spacial score (nSPS) is 13.2. The van der Waals surface area contributed by atoms with Gasteiger partial charge in [-0.3, -0.25) is 0 Å². The summed E-state index contributed by atoms with van der Waals surface area (Å²) in [6, 6.07) is 4.95. The third kappa shape index (κ3) is 2.05. The predicted octanol–water partition coefficient (Wildman–Crippen LogP) is 1.51. The number of hydrogen-bond donors (Lipinski definition) is 3. The summed E-state index contributed by atoms with van der Waals surface area (Å²) in [5, 5.41) is 18.8. The summed E-state index contributed by atoms with van der Waals surface area (Å²) in [6.45, 7) is 3.85. The first kappa shape index (κ1) is 11.0. The monoisotopic (exact) mass is 195 g/mol. The van der Waals surface area contributed by atoms with Gasteiger partial charge in [0.25, 0.3) is 0 Å². The zero-order valence-corrected chi connectivity index (χ0v) is 8.57. The topological polar surface area (TPSA) is 66.5 Å². The number of aliphatic hydroxyl groups is 1. The molecule has 0 aromatic heterocycles. The van der Waals surface area contributed by atoms with Crippen molar-refractivity contribution in [3.63, 3.8) is 0 Å². The molecular weight excluding hydrogens is 178 g/mol. The van der Waals surface area contributed by atoms with Crippen LogP contribution in [-0.2, 0) is 0 Å². The van der Waals surface area contributed by atoms with Gasteiger partial charge < -0.3 is 15.9 Å². The van der Waals surface area contributed by atoms with Crippen molar-refractivity contribution in [3.8, 4) is 5.75 Å². The standard InChI is InChI=1S/C11H17NO2/c1-7(2)8-4-3-5-9(11(8)14)10(12)6-13/h3-5,7,10,13-14H,6,12H2,1-2H3/t10-/m0/s1. The van der Waals surface area contributed by atoms with Crippen molar-refractivity contribution < 1.29 is 10.2 Å². The lowest BCUT2D eigenvalue weighted by Crippen LogP contribution is -2.15. The Morgan fingerprint density at radius 3 is 2.36 bits per heavy atom. The Morgan fingerprint density at radius 2 is 1.86 bits per heavy atom. The molecule has 0 bridgehead atoms. The number of para-hydroxylation sites is 1. The van der Waals surface area contributed by atoms with E-state index in [1.165, 1.54) is 0 Å². The second-order valence-electron chi connectivity index (χ2n) is 3.73. The van der Waals surface area contributed by atoms with E-state index in [0.717, 1.165) is 5.56 Å². The Bertz CT molecular complexity index is 310. The molecule has 4 N–H and O–H groups in total. The number of phenolic OH excluding ortho intramolecular Hbond substituents is 1. The van der Waals surface area contributed by atoms with E-state index in [9.17, 15) is 5.11 Å². The largest absolute Gasteiger partial charge is 0.507 e. The fourth-order valence-electron chi connectivity index (χ4n) is 1.44. The van der Waals surface area contributed by atoms with Crippen LogP contribution in [0.1, 0.15) is 36.9 Å². The van der Waals surface area contributed by atoms with Crippen LogP contribution in [0.2, 0.25) is 0 Å². The smallest absolute Gasteiger partial charge is 0.123 e. The van der Waals surface area contributed by atoms with Crippen LogP contribution in [0.5, 0.6) is 5.75 Å². The third-order valence-electron chi connectivity index (χ3n) is 2.32. The second kappa shape index (κ2) is 4.44. The van der Waals surface area contributed by atoms with Gasteiger partial charge in [-0.25, -0.2) is 0 Å². The highest BCUT2D eigenvalue weighted by molar-refractivity contribution is 5.43. The molecule has 0 aliphatic carbocycles. The molecule has 0 unspecified atom stereocenters. The summed E-state index contributed by atoms with van der Waals surface area (Å²) in [4.78, 5) is 0. The maximum atomic E-state index is 9.87. The average Bonchev–Trinajstić information content (AvgIpc) is 2.16. The lowest BCUT2D eigenvalue weighted by molar-refractivity contribution is 0.265. The number of benzene rings is 1. The lowest BCUT2D eigenvalue weighted by Gasteiger charge is -2.15. The number of rotatable bonds is 3. The Morgan fingerprint density at radius 1 is 1.29 bits per heavy atom. The summed E-state index contributed by atoms with van der Waals surface area (Å²) < 4.78 is 0. The van der Waals surface area contributed by atoms with Crippen molar-refractivity contribution in [1.82, 2.24) is 0 Å². The van der Waals surface area contributed by atoms with E-state index >= 15 is 0 Å². The SMILES string of the molecule is CC(C)c1cccc([C@@H](N)CO)c1O. The minimum atomic E-state index is -0.506. The minimum absolute atomic E-state index is 0.158. The highest BCUT2D eigenvalue weighted by atomic mass is 16.3. The molecule has 0 aliphatic heterocycles. The lowest BCUT2D eigenvalue weighted by atomic mass is 9.96. The van der Waals surface area contributed by atoms with Crippen LogP contribution in [0.25, 0.3) is 0 Å². The third-order valence-corrected chi connectivity index (χ3v) is 2.32. The van der Waals surface area contributed by atoms with Gasteiger partial charge >= 0.3 is 0 Å². The zero-order chi connectivity index (χ0) is 10.7. The number of aromatic hydroxyl groups is 1. The van der Waals surface area contributed by atoms with Gasteiger partial charge in [0.15, 0.2) is 0 Å². The molecule has 0 heterocycles. The van der Waals surface area contributed by atoms with Crippen molar-refractivity contribution >= 4 is 0 Å². The second-order valence-corrected chi connectivity index (χ2v) is 3.73. The summed E-state index contributed by atoms with van der Waals surface area (Å²) >= 11 is 0. The molecule has 3 nitrogen and oxygen atoms in total. The summed E-state index contributed by atoms with van der Waals surface area (Å²) in [7, 11) is 0. The van der Waals surface area contributed by atoms with E-state index in [2.05, 4.69) is 0 Å². The maximum Gasteiger partial charge on any atom is 0.123 e. The first-order valence-electron chi connectivity index (χ1n) is 4.76. The number of phenols is 1. The van der Waals surface area contributed by atoms with Gasteiger partial charge in [0.05, 0.1) is 12.6 Å². The Kier molecular flexibility index (Phi) is 3.49. The van der Waals surface area contributed by atoms with Gasteiger partial charge in [-0.15, -0.1) is 0 Å². The molecule has 78 valence electrons. The van der Waals surface area contributed by atoms with E-state index < -0.39 is 6.04 Å². The highest BCUT2D eigenvalue weighted by Crippen LogP contribution is 2.31. The van der Waals surface area contributed by atoms with E-state index in [1.807, 2.05) is 26.0 Å². The number of hydrogen-bond acceptors (Lipinski definition) is 3. The van der Waals surface area contributed by atoms with Crippen molar-refractivity contribution in [3.05, 3.63) is 29.3 Å². The minimum Gasteiger partial charge on any atom is -0.507 e. The van der Waals surface area contributed by atoms with Gasteiger partial charge in [0.1, 0.15) is 5.75 Å². The Hall–Kier alpha value is -1.06. The van der Waals surface area contributed by atoms with E-state index in [-0.39, 0.29) is 18.3 Å². The quantitative estimate of drug-likeness (QED) is 0.684. The van der Waals surface area contributed by atoms with Crippen LogP contribution in [0, 0.1) is 0 Å². The van der Waals surface area contributed by atoms with Gasteiger partial charge in [0.2, 0.25) is 0 Å². The van der Waals surface area contributed by atoms with Crippen LogP contribution in [0.4, 0.5) is 0 Å². The molecular formula is C11H17NO2. The van der Waals surface area contributed by atoms with Crippen LogP contribution < -0.4 is 5.73 Å². The molecule has 0 saturated carbocycles. The van der Waals surface area contributed by atoms with Crippen LogP contribution >= 0.6 is 0 Å². The van der Waals surface area contributed by atoms with Crippen molar-refractivity contribution in [1.29, 1.82) is 0 Å². The van der Waals surface area contributed by atoms with Crippen molar-refractivity contribution in [2.24, 2.45) is 5.73 Å². The van der Waals surface area contributed by atoms with Crippen LogP contribution in [0.3, 0.4) is 0 Å². The van der Waals surface area contributed by atoms with Crippen LogP contribution in [-0.4, -0.2) is 16.8 Å². The first-order chi connectivity index (χ1) is 6.57. The van der Waals surface area contributed by atoms with E-state index in [1.54, 1.807) is 6.07 Å². The van der Waals surface area contributed by atoms with Crippen LogP contribution in [0.15, 0.2) is 18.2 Å². The molecule has 0 aliphatic rings. The summed E-state index contributed by atoms with van der Waals surface area (Å²) in [6.07, 6.45) is 0. The highest BCUT2D eigenvalue weighted by Gasteiger charge is 2.14. The van der Waals surface area contributed by atoms with Gasteiger partial charge in [-0.2, -0.15) is 0 Å². The Balaban J connectivity index is 3.13. The molecule has 0 radical (unpaired) electrons. The number of aliphatic hydroxyl groups excluding tert-OH is 1. The molecule has 1 rings (SSSR count). The predicted molar refractivity (Wildman–Crippen MR) is 56.2 cm³/mol. The van der Waals surface area contributed by atoms with Gasteiger partial charge in [-0.05, 0) is 11.5 Å². The molecule has 1 aromatic carbocycles. The van der Waals surface area contributed by atoms with E-state index in [4.69, 9.17) is 10.8 Å². The van der Waals surface area contributed by atoms with Crippen molar-refractivity contribution in [2.75, 3.05) is 6.61 Å². The molecule has 0 spiro atoms. The summed E-state index contributed by atoms with van der Waals surface area (Å²) in [5.74, 6) is 0.463. The molecule has 14 heavy (non-hydrogen) atoms. The average molecular weight is 195 g/mol. The number of nitrogens with two attached hydrogens (primary N) is 1. The van der Waals surface area contributed by atoms with Gasteiger partial charge in [-0.1, -0.05) is 32.0 Å². The van der Waals surface area contributed by atoms with Gasteiger partial charge in [0, 0.05) is 5.56 Å². The maximum absolute atomic E-state index is 9.87.